The van der Waals surface area contributed by atoms with Gasteiger partial charge in [0.05, 0.1) is 12.0 Å². The number of amides is 2. The highest BCUT2D eigenvalue weighted by atomic mass is 35.5. The Labute approximate surface area is 183 Å². The summed E-state index contributed by atoms with van der Waals surface area (Å²) in [5.74, 6) is 1.02. The molecule has 166 valence electrons. The largest absolute Gasteiger partial charge is 0.352 e. The molecule has 0 radical (unpaired) electrons. The minimum atomic E-state index is -0.419. The summed E-state index contributed by atoms with van der Waals surface area (Å²) in [6.07, 6.45) is 6.26. The van der Waals surface area contributed by atoms with E-state index in [0.29, 0.717) is 38.1 Å². The Morgan fingerprint density at radius 2 is 1.68 bits per heavy atom. The van der Waals surface area contributed by atoms with Gasteiger partial charge in [-0.05, 0) is 31.6 Å². The maximum absolute atomic E-state index is 12.9. The van der Waals surface area contributed by atoms with Crippen molar-refractivity contribution in [2.45, 2.75) is 65.3 Å². The van der Waals surface area contributed by atoms with E-state index in [2.05, 4.69) is 17.1 Å². The number of carbonyl (C=O) groups excluding carboxylic acids is 2. The summed E-state index contributed by atoms with van der Waals surface area (Å²) >= 11 is 0. The Hall–Kier alpha value is -0.560. The summed E-state index contributed by atoms with van der Waals surface area (Å²) in [7, 11) is 0. The van der Waals surface area contributed by atoms with E-state index >= 15 is 0 Å². The molecule has 0 spiro atoms. The molecule has 0 bridgehead atoms. The van der Waals surface area contributed by atoms with Crippen LogP contribution in [0.1, 0.15) is 59.3 Å². The van der Waals surface area contributed by atoms with Crippen molar-refractivity contribution in [2.75, 3.05) is 39.3 Å². The van der Waals surface area contributed by atoms with Gasteiger partial charge in [-0.3, -0.25) is 14.5 Å². The first-order valence-corrected chi connectivity index (χ1v) is 10.4. The normalized spacial score (nSPS) is 23.4. The molecule has 1 saturated heterocycles. The SMILES string of the molecule is CCC(CC)(CN)C(=O)N1CCN(CC(=O)NC2CCCC(C)C2)CC1.Cl.Cl. The van der Waals surface area contributed by atoms with E-state index in [-0.39, 0.29) is 36.6 Å². The molecular weight excluding hydrogens is 399 g/mol. The van der Waals surface area contributed by atoms with Gasteiger partial charge < -0.3 is 16.0 Å². The molecule has 28 heavy (non-hydrogen) atoms. The fourth-order valence-electron chi connectivity index (χ4n) is 4.41. The van der Waals surface area contributed by atoms with Crippen LogP contribution in [0.25, 0.3) is 0 Å². The van der Waals surface area contributed by atoms with E-state index in [0.717, 1.165) is 38.8 Å². The van der Waals surface area contributed by atoms with Crippen molar-refractivity contribution in [1.29, 1.82) is 0 Å². The van der Waals surface area contributed by atoms with E-state index < -0.39 is 5.41 Å². The molecule has 3 N–H and O–H groups in total. The Morgan fingerprint density at radius 3 is 2.18 bits per heavy atom. The summed E-state index contributed by atoms with van der Waals surface area (Å²) in [6.45, 7) is 10.1. The summed E-state index contributed by atoms with van der Waals surface area (Å²) in [5.41, 5.74) is 5.50. The number of hydrogen-bond acceptors (Lipinski definition) is 4. The van der Waals surface area contributed by atoms with E-state index in [1.165, 1.54) is 12.8 Å². The van der Waals surface area contributed by atoms with Crippen molar-refractivity contribution < 1.29 is 9.59 Å². The van der Waals surface area contributed by atoms with Crippen molar-refractivity contribution >= 4 is 36.6 Å². The highest BCUT2D eigenvalue weighted by Crippen LogP contribution is 2.28. The summed E-state index contributed by atoms with van der Waals surface area (Å²) < 4.78 is 0. The maximum atomic E-state index is 12.9. The molecule has 0 aromatic rings. The topological polar surface area (TPSA) is 78.7 Å². The van der Waals surface area contributed by atoms with Gasteiger partial charge in [-0.15, -0.1) is 24.8 Å². The van der Waals surface area contributed by atoms with Crippen molar-refractivity contribution in [3.8, 4) is 0 Å². The quantitative estimate of drug-likeness (QED) is 0.639. The van der Waals surface area contributed by atoms with Crippen LogP contribution in [0.15, 0.2) is 0 Å². The average molecular weight is 439 g/mol. The molecular formula is C20H40Cl2N4O2. The number of carbonyl (C=O) groups is 2. The summed E-state index contributed by atoms with van der Waals surface area (Å²) in [6, 6.07) is 0.341. The Kier molecular flexibility index (Phi) is 12.6. The first kappa shape index (κ1) is 27.4. The number of nitrogens with zero attached hydrogens (tertiary/aromatic N) is 2. The predicted octanol–water partition coefficient (Wildman–Crippen LogP) is 2.43. The molecule has 1 aliphatic carbocycles. The lowest BCUT2D eigenvalue weighted by Crippen LogP contribution is -2.56. The average Bonchev–Trinajstić information content (AvgIpc) is 2.64. The van der Waals surface area contributed by atoms with E-state index in [9.17, 15) is 9.59 Å². The molecule has 6 nitrogen and oxygen atoms in total. The number of nitrogens with two attached hydrogens (primary N) is 1. The van der Waals surface area contributed by atoms with Gasteiger partial charge in [0.2, 0.25) is 11.8 Å². The number of nitrogens with one attached hydrogen (secondary N) is 1. The standard InChI is InChI=1S/C20H38N4O2.2ClH/c1-4-20(5-2,15-21)19(26)24-11-9-23(10-12-24)14-18(25)22-17-8-6-7-16(3)13-17;;/h16-17H,4-15,21H2,1-3H3,(H,22,25);2*1H. The second-order valence-electron chi connectivity index (χ2n) is 8.30. The van der Waals surface area contributed by atoms with Crippen LogP contribution in [-0.2, 0) is 9.59 Å². The second kappa shape index (κ2) is 12.9. The monoisotopic (exact) mass is 438 g/mol. The third kappa shape index (κ3) is 7.05. The lowest BCUT2D eigenvalue weighted by molar-refractivity contribution is -0.144. The van der Waals surface area contributed by atoms with Gasteiger partial charge in [0.25, 0.3) is 0 Å². The molecule has 2 rings (SSSR count). The van der Waals surface area contributed by atoms with Crippen LogP contribution in [0.3, 0.4) is 0 Å². The van der Waals surface area contributed by atoms with Crippen molar-refractivity contribution in [2.24, 2.45) is 17.1 Å². The molecule has 1 heterocycles. The molecule has 8 heteroatoms. The lowest BCUT2D eigenvalue weighted by atomic mass is 9.81. The highest BCUT2D eigenvalue weighted by Gasteiger charge is 2.38. The van der Waals surface area contributed by atoms with Crippen LogP contribution in [0, 0.1) is 11.3 Å². The van der Waals surface area contributed by atoms with Gasteiger partial charge in [0.1, 0.15) is 0 Å². The maximum Gasteiger partial charge on any atom is 0.234 e. The van der Waals surface area contributed by atoms with E-state index in [1.807, 2.05) is 18.7 Å². The van der Waals surface area contributed by atoms with Crippen LogP contribution in [0.5, 0.6) is 0 Å². The molecule has 1 saturated carbocycles. The van der Waals surface area contributed by atoms with Crippen molar-refractivity contribution in [3.05, 3.63) is 0 Å². The van der Waals surface area contributed by atoms with Gasteiger partial charge in [0.15, 0.2) is 0 Å². The molecule has 2 aliphatic rings. The van der Waals surface area contributed by atoms with E-state index in [1.54, 1.807) is 0 Å². The van der Waals surface area contributed by atoms with Crippen LogP contribution < -0.4 is 11.1 Å². The Morgan fingerprint density at radius 1 is 1.07 bits per heavy atom. The molecule has 1 aliphatic heterocycles. The second-order valence-corrected chi connectivity index (χ2v) is 8.30. The highest BCUT2D eigenvalue weighted by molar-refractivity contribution is 5.85. The number of rotatable bonds is 7. The third-order valence-electron chi connectivity index (χ3n) is 6.53. The molecule has 2 unspecified atom stereocenters. The Balaban J connectivity index is 0.00000364. The fraction of sp³-hybridized carbons (Fsp3) is 0.900. The zero-order valence-electron chi connectivity index (χ0n) is 17.7. The molecule has 2 amide bonds. The van der Waals surface area contributed by atoms with Crippen molar-refractivity contribution in [1.82, 2.24) is 15.1 Å². The number of hydrogen-bond donors (Lipinski definition) is 2. The van der Waals surface area contributed by atoms with Gasteiger partial charge in [0, 0.05) is 38.8 Å². The van der Waals surface area contributed by atoms with Gasteiger partial charge >= 0.3 is 0 Å². The summed E-state index contributed by atoms with van der Waals surface area (Å²) in [5, 5.41) is 3.20. The van der Waals surface area contributed by atoms with Gasteiger partial charge in [-0.2, -0.15) is 0 Å². The van der Waals surface area contributed by atoms with Crippen LogP contribution in [-0.4, -0.2) is 66.9 Å². The van der Waals surface area contributed by atoms with Gasteiger partial charge in [-0.1, -0.05) is 33.6 Å². The fourth-order valence-corrected chi connectivity index (χ4v) is 4.41. The first-order chi connectivity index (χ1) is 12.4. The van der Waals surface area contributed by atoms with E-state index in [4.69, 9.17) is 5.73 Å². The molecule has 0 aromatic carbocycles. The van der Waals surface area contributed by atoms with Gasteiger partial charge in [-0.25, -0.2) is 0 Å². The third-order valence-corrected chi connectivity index (χ3v) is 6.53. The smallest absolute Gasteiger partial charge is 0.234 e. The van der Waals surface area contributed by atoms with Crippen LogP contribution >= 0.6 is 24.8 Å². The van der Waals surface area contributed by atoms with Crippen LogP contribution in [0.2, 0.25) is 0 Å². The number of halogens is 2. The first-order valence-electron chi connectivity index (χ1n) is 10.4. The minimum absolute atomic E-state index is 0. The molecule has 0 aromatic heterocycles. The Bertz CT molecular complexity index is 473. The zero-order chi connectivity index (χ0) is 19.2. The number of piperazine rings is 1. The lowest BCUT2D eigenvalue weighted by Gasteiger charge is -2.40. The summed E-state index contributed by atoms with van der Waals surface area (Å²) in [4.78, 5) is 29.3. The van der Waals surface area contributed by atoms with Crippen LogP contribution in [0.4, 0.5) is 0 Å². The predicted molar refractivity (Wildman–Crippen MR) is 119 cm³/mol. The minimum Gasteiger partial charge on any atom is -0.352 e. The zero-order valence-corrected chi connectivity index (χ0v) is 19.4. The molecule has 2 fully saturated rings. The van der Waals surface area contributed by atoms with Crippen molar-refractivity contribution in [3.63, 3.8) is 0 Å². The molecule has 2 atom stereocenters.